The predicted molar refractivity (Wildman–Crippen MR) is 121 cm³/mol. The molecule has 1 heterocycles. The molecule has 0 aliphatic carbocycles. The zero-order chi connectivity index (χ0) is 18.2. The fraction of sp³-hybridized carbons (Fsp3) is 0.444. The molecule has 1 unspecified atom stereocenters. The Kier molecular flexibility index (Phi) is 10.4. The number of halogens is 2. The summed E-state index contributed by atoms with van der Waals surface area (Å²) in [6, 6.07) is 7.78. The number of aliphatic imine (C=N–C) groups is 1. The molecule has 1 aromatic carbocycles. The molecule has 2 aromatic rings. The minimum atomic E-state index is 0. The summed E-state index contributed by atoms with van der Waals surface area (Å²) in [4.78, 5) is 11.4. The Balaban J connectivity index is 0.00000338. The highest BCUT2D eigenvalue weighted by Crippen LogP contribution is 2.21. The van der Waals surface area contributed by atoms with Crippen molar-refractivity contribution in [3.8, 4) is 0 Å². The maximum Gasteiger partial charge on any atom is 0.194 e. The van der Waals surface area contributed by atoms with E-state index in [0.29, 0.717) is 13.1 Å². The second kappa shape index (κ2) is 11.7. The lowest BCUT2D eigenvalue weighted by Gasteiger charge is -2.21. The number of nitrogens with zero attached hydrogens (tertiary/aromatic N) is 3. The third-order valence-electron chi connectivity index (χ3n) is 3.72. The van der Waals surface area contributed by atoms with E-state index in [9.17, 15) is 0 Å². The zero-order valence-corrected chi connectivity index (χ0v) is 19.4. The van der Waals surface area contributed by atoms with Gasteiger partial charge in [-0.1, -0.05) is 29.8 Å². The summed E-state index contributed by atoms with van der Waals surface area (Å²) in [5, 5.41) is 7.11. The Labute approximate surface area is 181 Å². The summed E-state index contributed by atoms with van der Waals surface area (Å²) in [7, 11) is 3.70. The fourth-order valence-electron chi connectivity index (χ4n) is 2.26. The first-order valence-electron chi connectivity index (χ1n) is 8.25. The standard InChI is InChI=1S/C18H25ClN4OS.HI/c1-5-20-18(21-10-14-8-6-7-9-16(14)19)23(3)11-15-12-25-17(22-15)13(2)24-4;/h6-9,12-13H,5,10-11H2,1-4H3,(H,20,21);1H. The van der Waals surface area contributed by atoms with Gasteiger partial charge >= 0.3 is 0 Å². The summed E-state index contributed by atoms with van der Waals surface area (Å²) in [6.45, 7) is 6.08. The molecule has 0 amide bonds. The van der Waals surface area contributed by atoms with Crippen molar-refractivity contribution in [2.75, 3.05) is 20.7 Å². The molecule has 1 atom stereocenters. The van der Waals surface area contributed by atoms with Crippen LogP contribution in [-0.2, 0) is 17.8 Å². The number of thiazole rings is 1. The van der Waals surface area contributed by atoms with Crippen molar-refractivity contribution in [3.05, 3.63) is 50.9 Å². The summed E-state index contributed by atoms with van der Waals surface area (Å²) < 4.78 is 5.33. The van der Waals surface area contributed by atoms with Gasteiger partial charge in [0.2, 0.25) is 0 Å². The van der Waals surface area contributed by atoms with Crippen LogP contribution >= 0.6 is 46.9 Å². The Morgan fingerprint density at radius 1 is 1.42 bits per heavy atom. The number of rotatable bonds is 7. The number of nitrogens with one attached hydrogen (secondary N) is 1. The molecule has 5 nitrogen and oxygen atoms in total. The highest BCUT2D eigenvalue weighted by atomic mass is 127. The molecule has 0 bridgehead atoms. The van der Waals surface area contributed by atoms with E-state index < -0.39 is 0 Å². The van der Waals surface area contributed by atoms with E-state index in [-0.39, 0.29) is 30.1 Å². The fourth-order valence-corrected chi connectivity index (χ4v) is 3.29. The van der Waals surface area contributed by atoms with Gasteiger partial charge in [0.1, 0.15) is 11.1 Å². The molecule has 8 heteroatoms. The van der Waals surface area contributed by atoms with E-state index >= 15 is 0 Å². The molecule has 0 spiro atoms. The van der Waals surface area contributed by atoms with Crippen LogP contribution in [0.2, 0.25) is 5.02 Å². The molecule has 1 aromatic heterocycles. The predicted octanol–water partition coefficient (Wildman–Crippen LogP) is 4.72. The lowest BCUT2D eigenvalue weighted by molar-refractivity contribution is 0.119. The average molecular weight is 509 g/mol. The Hall–Kier alpha value is -0.900. The van der Waals surface area contributed by atoms with Crippen LogP contribution < -0.4 is 5.32 Å². The van der Waals surface area contributed by atoms with Gasteiger partial charge in [-0.3, -0.25) is 0 Å². The summed E-state index contributed by atoms with van der Waals surface area (Å²) in [5.74, 6) is 0.830. The molecule has 0 fully saturated rings. The third kappa shape index (κ3) is 6.68. The Bertz CT molecular complexity index is 710. The van der Waals surface area contributed by atoms with E-state index in [1.165, 1.54) is 0 Å². The van der Waals surface area contributed by atoms with Gasteiger partial charge in [0, 0.05) is 31.1 Å². The number of methoxy groups -OCH3 is 1. The first-order valence-corrected chi connectivity index (χ1v) is 9.50. The van der Waals surface area contributed by atoms with Crippen molar-refractivity contribution in [1.82, 2.24) is 15.2 Å². The highest BCUT2D eigenvalue weighted by Gasteiger charge is 2.12. The van der Waals surface area contributed by atoms with Crippen LogP contribution in [0.25, 0.3) is 0 Å². The number of hydrogen-bond donors (Lipinski definition) is 1. The first-order chi connectivity index (χ1) is 12.0. The topological polar surface area (TPSA) is 49.8 Å². The van der Waals surface area contributed by atoms with E-state index in [0.717, 1.165) is 33.8 Å². The maximum absolute atomic E-state index is 6.22. The monoisotopic (exact) mass is 508 g/mol. The molecule has 2 rings (SSSR count). The van der Waals surface area contributed by atoms with Crippen molar-refractivity contribution < 1.29 is 4.74 Å². The van der Waals surface area contributed by atoms with E-state index in [1.807, 2.05) is 38.2 Å². The van der Waals surface area contributed by atoms with Crippen LogP contribution in [0.3, 0.4) is 0 Å². The molecule has 0 saturated heterocycles. The van der Waals surface area contributed by atoms with Gasteiger partial charge in [-0.15, -0.1) is 35.3 Å². The van der Waals surface area contributed by atoms with Gasteiger partial charge in [0.15, 0.2) is 5.96 Å². The van der Waals surface area contributed by atoms with E-state index in [1.54, 1.807) is 18.4 Å². The first kappa shape index (κ1) is 23.1. The second-order valence-corrected chi connectivity index (χ2v) is 6.97. The molecular formula is C18H26ClIN4OS. The lowest BCUT2D eigenvalue weighted by Crippen LogP contribution is -2.38. The van der Waals surface area contributed by atoms with Gasteiger partial charge in [0.25, 0.3) is 0 Å². The molecule has 1 N–H and O–H groups in total. The van der Waals surface area contributed by atoms with Crippen molar-refractivity contribution >= 4 is 52.9 Å². The van der Waals surface area contributed by atoms with Gasteiger partial charge in [-0.2, -0.15) is 0 Å². The normalized spacial score (nSPS) is 12.4. The Morgan fingerprint density at radius 3 is 2.81 bits per heavy atom. The van der Waals surface area contributed by atoms with E-state index in [2.05, 4.69) is 27.5 Å². The van der Waals surface area contributed by atoms with Gasteiger partial charge in [-0.05, 0) is 25.5 Å². The molecule has 0 aliphatic heterocycles. The van der Waals surface area contributed by atoms with Crippen molar-refractivity contribution in [2.45, 2.75) is 33.0 Å². The van der Waals surface area contributed by atoms with Crippen LogP contribution in [-0.4, -0.2) is 36.5 Å². The molecule has 0 radical (unpaired) electrons. The molecule has 0 aliphatic rings. The van der Waals surface area contributed by atoms with Crippen molar-refractivity contribution in [2.24, 2.45) is 4.99 Å². The smallest absolute Gasteiger partial charge is 0.194 e. The molecule has 26 heavy (non-hydrogen) atoms. The third-order valence-corrected chi connectivity index (χ3v) is 5.15. The van der Waals surface area contributed by atoms with Crippen LogP contribution in [0.5, 0.6) is 0 Å². The van der Waals surface area contributed by atoms with Gasteiger partial charge in [-0.25, -0.2) is 9.98 Å². The van der Waals surface area contributed by atoms with Crippen LogP contribution in [0.4, 0.5) is 0 Å². The summed E-state index contributed by atoms with van der Waals surface area (Å²) in [5.41, 5.74) is 2.02. The molecular weight excluding hydrogens is 483 g/mol. The second-order valence-electron chi connectivity index (χ2n) is 5.67. The zero-order valence-electron chi connectivity index (χ0n) is 15.5. The summed E-state index contributed by atoms with van der Waals surface area (Å²) >= 11 is 7.84. The largest absolute Gasteiger partial charge is 0.375 e. The van der Waals surface area contributed by atoms with Gasteiger partial charge < -0.3 is 15.0 Å². The van der Waals surface area contributed by atoms with Gasteiger partial charge in [0.05, 0.1) is 18.8 Å². The van der Waals surface area contributed by atoms with E-state index in [4.69, 9.17) is 21.3 Å². The minimum Gasteiger partial charge on any atom is -0.375 e. The van der Waals surface area contributed by atoms with Crippen LogP contribution in [0, 0.1) is 0 Å². The molecule has 0 saturated carbocycles. The van der Waals surface area contributed by atoms with Crippen molar-refractivity contribution in [1.29, 1.82) is 0 Å². The number of hydrogen-bond acceptors (Lipinski definition) is 4. The van der Waals surface area contributed by atoms with Crippen LogP contribution in [0.15, 0.2) is 34.6 Å². The molecule has 144 valence electrons. The number of benzene rings is 1. The van der Waals surface area contributed by atoms with Crippen molar-refractivity contribution in [3.63, 3.8) is 0 Å². The number of ether oxygens (including phenoxy) is 1. The number of guanidine groups is 1. The minimum absolute atomic E-state index is 0. The Morgan fingerprint density at radius 2 is 2.15 bits per heavy atom. The summed E-state index contributed by atoms with van der Waals surface area (Å²) in [6.07, 6.45) is 0.0196. The van der Waals surface area contributed by atoms with Crippen LogP contribution in [0.1, 0.15) is 36.2 Å². The maximum atomic E-state index is 6.22. The number of aromatic nitrogens is 1. The quantitative estimate of drug-likeness (QED) is 0.334. The lowest BCUT2D eigenvalue weighted by atomic mass is 10.2. The average Bonchev–Trinajstić information content (AvgIpc) is 3.07. The SMILES string of the molecule is CCNC(=NCc1ccccc1Cl)N(C)Cc1csc(C(C)OC)n1.I. The highest BCUT2D eigenvalue weighted by molar-refractivity contribution is 14.0.